The zero-order chi connectivity index (χ0) is 53.0. The fourth-order valence-corrected chi connectivity index (χ4v) is 10.5. The molecule has 1 aromatic heterocycles. The summed E-state index contributed by atoms with van der Waals surface area (Å²) in [5.41, 5.74) is 11.3. The van der Waals surface area contributed by atoms with E-state index in [1.165, 1.54) is 9.80 Å². The number of hydrogen-bond acceptors (Lipinski definition) is 12. The number of anilines is 1. The van der Waals surface area contributed by atoms with Gasteiger partial charge in [0.05, 0.1) is 40.5 Å². The number of carbonyl (C=O) groups excluding carboxylic acids is 7. The number of thiazole rings is 1. The van der Waals surface area contributed by atoms with Crippen molar-refractivity contribution in [3.05, 3.63) is 70.4 Å². The van der Waals surface area contributed by atoms with Crippen molar-refractivity contribution in [1.29, 1.82) is 0 Å². The molecule has 3 aliphatic rings. The highest BCUT2D eigenvalue weighted by molar-refractivity contribution is 7.13. The molecule has 398 valence electrons. The summed E-state index contributed by atoms with van der Waals surface area (Å²) >= 11 is 1.57. The minimum atomic E-state index is -0.902. The number of hydrogen-bond donors (Lipinski definition) is 6. The first-order chi connectivity index (χ1) is 34.6. The number of rotatable bonds is 23. The molecule has 0 radical (unpaired) electrons. The number of carbonyl (C=O) groups is 7. The van der Waals surface area contributed by atoms with Gasteiger partial charge in [0.1, 0.15) is 29.8 Å². The predicted octanol–water partition coefficient (Wildman–Crippen LogP) is 5.52. The molecule has 73 heavy (non-hydrogen) atoms. The summed E-state index contributed by atoms with van der Waals surface area (Å²) in [7, 11) is 0. The topological polar surface area (TPSA) is 252 Å². The van der Waals surface area contributed by atoms with Crippen molar-refractivity contribution in [3.8, 4) is 10.4 Å². The van der Waals surface area contributed by atoms with Gasteiger partial charge in [0, 0.05) is 45.4 Å². The lowest BCUT2D eigenvalue weighted by Gasteiger charge is -2.35. The monoisotopic (exact) mass is 1030 g/mol. The Hall–Kier alpha value is -5.92. The first-order valence-electron chi connectivity index (χ1n) is 25.7. The number of likely N-dealkylation sites (tertiary alicyclic amines) is 1. The highest BCUT2D eigenvalue weighted by Gasteiger charge is 2.46. The average molecular weight is 1030 g/mol. The standard InChI is InChI=1S/C54H76N8O10S/c1-33-46(73-32-57-33)36-20-18-34(19-21-36)29-56-48(66)41-28-39(63)30-61(41)51(69)47(53(2,3)4)60-44(65)17-12-10-8-9-11-13-26-71-31-38(23-25-43(55)64)58-49(67)42-27-37-16-14-15-35-22-24-40(50(68)62(42)45(35)37)59-52(70)72-54(5,6)7/h14-16,18-21,32,38-42,47,63H,8-13,17,22-31H2,1-7H3,(H2,55,64)(H,56,66)(H,58,67)(H,59,70)(H,60,65)/t38-,39+,40-,41-,42-,47+/m0/s1. The molecule has 4 heterocycles. The predicted molar refractivity (Wildman–Crippen MR) is 278 cm³/mol. The molecule has 0 unspecified atom stereocenters. The van der Waals surface area contributed by atoms with Crippen molar-refractivity contribution in [1.82, 2.24) is 31.2 Å². The van der Waals surface area contributed by atoms with Gasteiger partial charge >= 0.3 is 6.09 Å². The van der Waals surface area contributed by atoms with Gasteiger partial charge in [-0.15, -0.1) is 11.3 Å². The highest BCUT2D eigenvalue weighted by atomic mass is 32.1. The molecular weight excluding hydrogens is 953 g/mol. The Kier molecular flexibility index (Phi) is 19.6. The molecule has 7 N–H and O–H groups in total. The van der Waals surface area contributed by atoms with Crippen molar-refractivity contribution >= 4 is 58.6 Å². The second-order valence-corrected chi connectivity index (χ2v) is 22.5. The number of primary amides is 1. The normalized spacial score (nSPS) is 19.4. The first-order valence-corrected chi connectivity index (χ1v) is 26.6. The van der Waals surface area contributed by atoms with Crippen LogP contribution in [0.2, 0.25) is 0 Å². The molecule has 7 amide bonds. The van der Waals surface area contributed by atoms with Crippen LogP contribution in [0, 0.1) is 12.3 Å². The molecule has 3 aromatic rings. The van der Waals surface area contributed by atoms with Crippen LogP contribution in [0.1, 0.15) is 135 Å². The summed E-state index contributed by atoms with van der Waals surface area (Å²) in [5, 5.41) is 22.2. The third-order valence-corrected chi connectivity index (χ3v) is 14.4. The Morgan fingerprint density at radius 1 is 0.890 bits per heavy atom. The third kappa shape index (κ3) is 15.8. The van der Waals surface area contributed by atoms with Gasteiger partial charge in [0.25, 0.3) is 0 Å². The number of benzene rings is 2. The number of aliphatic hydroxyl groups is 1. The molecule has 0 aliphatic carbocycles. The van der Waals surface area contributed by atoms with Crippen molar-refractivity contribution in [2.45, 2.75) is 180 Å². The number of alkyl carbamates (subject to hydrolysis) is 1. The number of nitrogens with two attached hydrogens (primary N) is 1. The van der Waals surface area contributed by atoms with Crippen LogP contribution < -0.4 is 31.9 Å². The maximum absolute atomic E-state index is 14.1. The Bertz CT molecular complexity index is 2430. The summed E-state index contributed by atoms with van der Waals surface area (Å²) in [5.74, 6) is -2.30. The largest absolute Gasteiger partial charge is 0.444 e. The second-order valence-electron chi connectivity index (χ2n) is 21.7. The van der Waals surface area contributed by atoms with E-state index in [0.29, 0.717) is 38.0 Å². The van der Waals surface area contributed by atoms with E-state index in [9.17, 15) is 38.7 Å². The van der Waals surface area contributed by atoms with Crippen LogP contribution >= 0.6 is 11.3 Å². The van der Waals surface area contributed by atoms with Crippen molar-refractivity contribution < 1.29 is 48.1 Å². The van der Waals surface area contributed by atoms with Crippen LogP contribution in [0.5, 0.6) is 0 Å². The Morgan fingerprint density at radius 2 is 1.59 bits per heavy atom. The quantitative estimate of drug-likeness (QED) is 0.0645. The van der Waals surface area contributed by atoms with E-state index in [0.717, 1.165) is 64.9 Å². The number of ether oxygens (including phenoxy) is 2. The number of aromatic nitrogens is 1. The SMILES string of the molecule is Cc1ncsc1-c1ccc(CNC(=O)[C@@H]2C[C@@H](O)CN2C(=O)[C@@H](NC(=O)CCCCCCCCOC[C@H](CCC(N)=O)NC(=O)[C@@H]2Cc3cccc4c3N2C(=O)[C@@H](NC(=O)OC(C)(C)C)CC4)C(C)(C)C)cc1. The lowest BCUT2D eigenvalue weighted by molar-refractivity contribution is -0.144. The lowest BCUT2D eigenvalue weighted by atomic mass is 9.85. The molecule has 19 heteroatoms. The summed E-state index contributed by atoms with van der Waals surface area (Å²) in [6.45, 7) is 13.6. The Morgan fingerprint density at radius 3 is 2.26 bits per heavy atom. The number of unbranched alkanes of at least 4 members (excludes halogenated alkanes) is 5. The van der Waals surface area contributed by atoms with Crippen LogP contribution in [0.3, 0.4) is 0 Å². The molecule has 0 saturated carbocycles. The molecule has 1 saturated heterocycles. The average Bonchev–Trinajstić information content (AvgIpc) is 4.04. The zero-order valence-electron chi connectivity index (χ0n) is 43.6. The zero-order valence-corrected chi connectivity index (χ0v) is 44.4. The number of β-amino-alcohol motifs (C(OH)–C–C–N with tert-alkyl or cyclic N) is 1. The van der Waals surface area contributed by atoms with E-state index in [-0.39, 0.29) is 57.2 Å². The minimum absolute atomic E-state index is 0.00197. The van der Waals surface area contributed by atoms with Crippen LogP contribution in [0.25, 0.3) is 10.4 Å². The molecular formula is C54H76N8O10S. The smallest absolute Gasteiger partial charge is 0.408 e. The summed E-state index contributed by atoms with van der Waals surface area (Å²) < 4.78 is 11.4. The van der Waals surface area contributed by atoms with Gasteiger partial charge in [0.15, 0.2) is 0 Å². The summed E-state index contributed by atoms with van der Waals surface area (Å²) in [6, 6.07) is 9.55. The van der Waals surface area contributed by atoms with Gasteiger partial charge in [-0.1, -0.05) is 88.9 Å². The van der Waals surface area contributed by atoms with Crippen LogP contribution in [-0.4, -0.2) is 118 Å². The lowest BCUT2D eigenvalue weighted by Crippen LogP contribution is -2.57. The fourth-order valence-electron chi connectivity index (χ4n) is 9.67. The van der Waals surface area contributed by atoms with Crippen LogP contribution in [0.4, 0.5) is 10.5 Å². The molecule has 3 aliphatic heterocycles. The maximum Gasteiger partial charge on any atom is 0.408 e. The number of nitrogens with one attached hydrogen (secondary N) is 4. The molecule has 6 rings (SSSR count). The number of aryl methyl sites for hydroxylation is 2. The minimum Gasteiger partial charge on any atom is -0.444 e. The van der Waals surface area contributed by atoms with Crippen molar-refractivity contribution in [2.24, 2.45) is 11.1 Å². The van der Waals surface area contributed by atoms with E-state index in [1.807, 2.05) is 75.7 Å². The molecule has 6 atom stereocenters. The molecule has 1 fully saturated rings. The second kappa shape index (κ2) is 25.3. The third-order valence-electron chi connectivity index (χ3n) is 13.5. The molecule has 0 bridgehead atoms. The molecule has 0 spiro atoms. The van der Waals surface area contributed by atoms with Gasteiger partial charge in [-0.2, -0.15) is 0 Å². The Labute approximate surface area is 433 Å². The first kappa shape index (κ1) is 56.4. The molecule has 18 nitrogen and oxygen atoms in total. The highest BCUT2D eigenvalue weighted by Crippen LogP contribution is 2.39. The number of amides is 7. The van der Waals surface area contributed by atoms with Gasteiger partial charge in [-0.25, -0.2) is 9.78 Å². The summed E-state index contributed by atoms with van der Waals surface area (Å²) in [6.07, 6.45) is 5.09. The van der Waals surface area contributed by atoms with E-state index in [4.69, 9.17) is 15.2 Å². The van der Waals surface area contributed by atoms with E-state index in [1.54, 1.807) is 32.1 Å². The Balaban J connectivity index is 0.903. The number of para-hydroxylation sites is 1. The van der Waals surface area contributed by atoms with E-state index < -0.39 is 77.1 Å². The number of aliphatic hydroxyl groups excluding tert-OH is 1. The summed E-state index contributed by atoms with van der Waals surface area (Å²) in [4.78, 5) is 102. The molecule has 2 aromatic carbocycles. The van der Waals surface area contributed by atoms with Crippen LogP contribution in [0.15, 0.2) is 48.0 Å². The fraction of sp³-hybridized carbons (Fsp3) is 0.593. The van der Waals surface area contributed by atoms with Gasteiger partial charge < -0.3 is 46.5 Å². The van der Waals surface area contributed by atoms with Gasteiger partial charge in [-0.3, -0.25) is 33.7 Å². The van der Waals surface area contributed by atoms with Crippen molar-refractivity contribution in [2.75, 3.05) is 24.7 Å². The van der Waals surface area contributed by atoms with Gasteiger partial charge in [0.2, 0.25) is 35.4 Å². The van der Waals surface area contributed by atoms with E-state index in [2.05, 4.69) is 26.3 Å². The van der Waals surface area contributed by atoms with Crippen molar-refractivity contribution in [3.63, 3.8) is 0 Å². The maximum atomic E-state index is 14.1. The van der Waals surface area contributed by atoms with E-state index >= 15 is 0 Å². The number of nitrogens with zero attached hydrogens (tertiary/aromatic N) is 3. The van der Waals surface area contributed by atoms with Crippen LogP contribution in [-0.2, 0) is 57.6 Å². The van der Waals surface area contributed by atoms with Gasteiger partial charge in [-0.05, 0) is 87.5 Å².